The van der Waals surface area contributed by atoms with Gasteiger partial charge in [-0.25, -0.2) is 0 Å². The van der Waals surface area contributed by atoms with Crippen LogP contribution in [0, 0.1) is 5.41 Å². The van der Waals surface area contributed by atoms with Crippen LogP contribution in [0.3, 0.4) is 0 Å². The molecule has 0 bridgehead atoms. The smallest absolute Gasteiger partial charge is 0.158 e. The fourth-order valence-electron chi connectivity index (χ4n) is 2.47. The summed E-state index contributed by atoms with van der Waals surface area (Å²) in [5, 5.41) is 0. The second-order valence-corrected chi connectivity index (χ2v) is 4.43. The molecule has 94 valence electrons. The summed E-state index contributed by atoms with van der Waals surface area (Å²) in [6.45, 7) is 7.81. The minimum Gasteiger partial charge on any atom is -0.501 e. The molecule has 1 rings (SSSR count). The zero-order valence-corrected chi connectivity index (χ0v) is 11.1. The van der Waals surface area contributed by atoms with Gasteiger partial charge in [0.25, 0.3) is 0 Å². The van der Waals surface area contributed by atoms with E-state index in [0.717, 1.165) is 30.6 Å². The summed E-state index contributed by atoms with van der Waals surface area (Å²) in [6.07, 6.45) is 9.12. The van der Waals surface area contributed by atoms with Gasteiger partial charge in [0.1, 0.15) is 5.76 Å². The summed E-state index contributed by atoms with van der Waals surface area (Å²) in [5.41, 5.74) is 0.845. The van der Waals surface area contributed by atoms with Crippen LogP contribution in [0.2, 0.25) is 0 Å². The van der Waals surface area contributed by atoms with Crippen LogP contribution in [-0.2, 0) is 9.53 Å². The lowest BCUT2D eigenvalue weighted by Crippen LogP contribution is -2.25. The number of hydrogen-bond acceptors (Lipinski definition) is 2. The average Bonchev–Trinajstić information content (AvgIpc) is 2.39. The van der Waals surface area contributed by atoms with Crippen molar-refractivity contribution in [3.63, 3.8) is 0 Å². The summed E-state index contributed by atoms with van der Waals surface area (Å²) < 4.78 is 5.43. The van der Waals surface area contributed by atoms with Crippen molar-refractivity contribution in [3.05, 3.63) is 36.1 Å². The zero-order valence-electron chi connectivity index (χ0n) is 11.1. The van der Waals surface area contributed by atoms with Crippen LogP contribution >= 0.6 is 0 Å². The molecule has 1 unspecified atom stereocenters. The first kappa shape index (κ1) is 13.8. The summed E-state index contributed by atoms with van der Waals surface area (Å²) in [7, 11) is 1.69. The van der Waals surface area contributed by atoms with E-state index in [2.05, 4.69) is 12.7 Å². The lowest BCUT2D eigenvalue weighted by molar-refractivity contribution is -0.115. The van der Waals surface area contributed by atoms with Crippen LogP contribution in [0.4, 0.5) is 0 Å². The average molecular weight is 234 g/mol. The van der Waals surface area contributed by atoms with Gasteiger partial charge in [0.15, 0.2) is 5.78 Å². The normalized spacial score (nSPS) is 25.1. The van der Waals surface area contributed by atoms with Crippen LogP contribution in [0.15, 0.2) is 36.1 Å². The van der Waals surface area contributed by atoms with Crippen LogP contribution in [0.1, 0.15) is 39.5 Å². The van der Waals surface area contributed by atoms with Crippen LogP contribution < -0.4 is 0 Å². The first-order valence-corrected chi connectivity index (χ1v) is 6.20. The number of ketones is 1. The highest BCUT2D eigenvalue weighted by molar-refractivity contribution is 5.95. The first-order valence-electron chi connectivity index (χ1n) is 6.20. The Labute approximate surface area is 104 Å². The van der Waals surface area contributed by atoms with Crippen molar-refractivity contribution < 1.29 is 9.53 Å². The lowest BCUT2D eigenvalue weighted by Gasteiger charge is -2.34. The molecule has 0 spiro atoms. The molecule has 0 heterocycles. The van der Waals surface area contributed by atoms with E-state index >= 15 is 0 Å². The van der Waals surface area contributed by atoms with Crippen molar-refractivity contribution in [1.29, 1.82) is 0 Å². The Kier molecular flexibility index (Phi) is 4.73. The molecule has 0 amide bonds. The van der Waals surface area contributed by atoms with Crippen molar-refractivity contribution in [2.24, 2.45) is 5.41 Å². The molecule has 0 N–H and O–H groups in total. The van der Waals surface area contributed by atoms with Crippen molar-refractivity contribution in [1.82, 2.24) is 0 Å². The Bertz CT molecular complexity index is 363. The van der Waals surface area contributed by atoms with E-state index in [0.29, 0.717) is 6.42 Å². The molecule has 0 aromatic heterocycles. The predicted octanol–water partition coefficient (Wildman–Crippen LogP) is 3.80. The van der Waals surface area contributed by atoms with Gasteiger partial charge in [0.05, 0.1) is 7.11 Å². The quantitative estimate of drug-likeness (QED) is 0.534. The third-order valence-corrected chi connectivity index (χ3v) is 3.60. The molecule has 1 aliphatic carbocycles. The van der Waals surface area contributed by atoms with E-state index in [9.17, 15) is 4.79 Å². The zero-order chi connectivity index (χ0) is 12.9. The molecule has 17 heavy (non-hydrogen) atoms. The number of rotatable bonds is 5. The number of carbonyl (C=O) groups excluding carboxylic acids is 1. The summed E-state index contributed by atoms with van der Waals surface area (Å²) in [4.78, 5) is 11.6. The highest BCUT2D eigenvalue weighted by atomic mass is 16.5. The SMILES string of the molecule is C=CC1(C(=CC)OC)CC=C(C(=O)CC)CC1. The molecular weight excluding hydrogens is 212 g/mol. The molecule has 1 aliphatic rings. The Morgan fingerprint density at radius 3 is 2.71 bits per heavy atom. The van der Waals surface area contributed by atoms with Crippen LogP contribution in [0.25, 0.3) is 0 Å². The minimum absolute atomic E-state index is 0.124. The highest BCUT2D eigenvalue weighted by Crippen LogP contribution is 2.43. The van der Waals surface area contributed by atoms with E-state index in [1.807, 2.05) is 26.0 Å². The molecule has 2 heteroatoms. The Balaban J connectivity index is 2.93. The van der Waals surface area contributed by atoms with Gasteiger partial charge in [-0.2, -0.15) is 0 Å². The van der Waals surface area contributed by atoms with E-state index in [1.54, 1.807) is 7.11 Å². The van der Waals surface area contributed by atoms with E-state index in [1.165, 1.54) is 0 Å². The number of Topliss-reactive ketones (excluding diaryl/α,β-unsaturated/α-hetero) is 1. The van der Waals surface area contributed by atoms with Crippen molar-refractivity contribution >= 4 is 5.78 Å². The maximum atomic E-state index is 11.6. The van der Waals surface area contributed by atoms with Gasteiger partial charge in [0.2, 0.25) is 0 Å². The summed E-state index contributed by atoms with van der Waals surface area (Å²) in [5.74, 6) is 1.22. The monoisotopic (exact) mass is 234 g/mol. The molecule has 0 fully saturated rings. The maximum Gasteiger partial charge on any atom is 0.158 e. The van der Waals surface area contributed by atoms with Gasteiger partial charge in [-0.3, -0.25) is 4.79 Å². The van der Waals surface area contributed by atoms with Gasteiger partial charge in [-0.1, -0.05) is 19.1 Å². The molecule has 2 nitrogen and oxygen atoms in total. The second-order valence-electron chi connectivity index (χ2n) is 4.43. The third kappa shape index (κ3) is 2.68. The summed E-state index contributed by atoms with van der Waals surface area (Å²) in [6, 6.07) is 0. The predicted molar refractivity (Wildman–Crippen MR) is 70.6 cm³/mol. The minimum atomic E-state index is -0.124. The largest absolute Gasteiger partial charge is 0.501 e. The fourth-order valence-corrected chi connectivity index (χ4v) is 2.47. The van der Waals surface area contributed by atoms with E-state index in [-0.39, 0.29) is 11.2 Å². The van der Waals surface area contributed by atoms with E-state index < -0.39 is 0 Å². The maximum absolute atomic E-state index is 11.6. The Morgan fingerprint density at radius 2 is 2.35 bits per heavy atom. The van der Waals surface area contributed by atoms with Gasteiger partial charge >= 0.3 is 0 Å². The molecule has 0 aliphatic heterocycles. The fraction of sp³-hybridized carbons (Fsp3) is 0.533. The third-order valence-electron chi connectivity index (χ3n) is 3.60. The van der Waals surface area contributed by atoms with Crippen molar-refractivity contribution in [2.45, 2.75) is 39.5 Å². The molecule has 0 saturated carbocycles. The highest BCUT2D eigenvalue weighted by Gasteiger charge is 2.34. The number of allylic oxidation sites excluding steroid dienone is 4. The van der Waals surface area contributed by atoms with Crippen molar-refractivity contribution in [2.75, 3.05) is 7.11 Å². The molecule has 1 atom stereocenters. The molecular formula is C15H22O2. The Hall–Kier alpha value is -1.31. The van der Waals surface area contributed by atoms with Gasteiger partial charge < -0.3 is 4.74 Å². The summed E-state index contributed by atoms with van der Waals surface area (Å²) >= 11 is 0. The molecule has 0 radical (unpaired) electrons. The standard InChI is InChI=1S/C15H22O2/c1-5-13(16)12-8-10-15(7-3,11-9-12)14(6-2)17-4/h6-8H,3,5,9-11H2,1-2,4H3. The number of methoxy groups -OCH3 is 1. The molecule has 0 aromatic carbocycles. The van der Waals surface area contributed by atoms with Gasteiger partial charge in [-0.15, -0.1) is 6.58 Å². The van der Waals surface area contributed by atoms with Crippen molar-refractivity contribution in [3.8, 4) is 0 Å². The van der Waals surface area contributed by atoms with E-state index in [4.69, 9.17) is 4.74 Å². The Morgan fingerprint density at radius 1 is 1.65 bits per heavy atom. The van der Waals surface area contributed by atoms with Crippen LogP contribution in [0.5, 0.6) is 0 Å². The molecule has 0 aromatic rings. The van der Waals surface area contributed by atoms with Gasteiger partial charge in [0, 0.05) is 11.8 Å². The topological polar surface area (TPSA) is 26.3 Å². The molecule has 0 saturated heterocycles. The number of hydrogen-bond donors (Lipinski definition) is 0. The van der Waals surface area contributed by atoms with Gasteiger partial charge in [-0.05, 0) is 37.8 Å². The number of ether oxygens (including phenoxy) is 1. The lowest BCUT2D eigenvalue weighted by atomic mass is 9.72. The first-order chi connectivity index (χ1) is 8.13. The van der Waals surface area contributed by atoms with Crippen LogP contribution in [-0.4, -0.2) is 12.9 Å². The second kappa shape index (κ2) is 5.85. The number of carbonyl (C=O) groups is 1.